The maximum absolute atomic E-state index is 13.2. The first kappa shape index (κ1) is 21.1. The first-order valence-corrected chi connectivity index (χ1v) is 12.2. The molecule has 1 aromatic rings. The fourth-order valence-electron chi connectivity index (χ4n) is 7.98. The van der Waals surface area contributed by atoms with Crippen molar-refractivity contribution in [2.45, 2.75) is 71.3 Å². The van der Waals surface area contributed by atoms with Crippen molar-refractivity contribution in [1.82, 2.24) is 0 Å². The van der Waals surface area contributed by atoms with E-state index >= 15 is 0 Å². The third kappa shape index (κ3) is 3.44. The van der Waals surface area contributed by atoms with Gasteiger partial charge in [-0.3, -0.25) is 4.79 Å². The summed E-state index contributed by atoms with van der Waals surface area (Å²) in [7, 11) is 0. The van der Waals surface area contributed by atoms with Gasteiger partial charge in [0.25, 0.3) is 0 Å². The first-order chi connectivity index (χ1) is 14.8. The summed E-state index contributed by atoms with van der Waals surface area (Å²) >= 11 is 0. The molecule has 3 fully saturated rings. The minimum absolute atomic E-state index is 0.0846. The lowest BCUT2D eigenvalue weighted by Gasteiger charge is -2.57. The molecule has 1 aromatic carbocycles. The minimum atomic E-state index is -0.253. The highest BCUT2D eigenvalue weighted by atomic mass is 19.1. The van der Waals surface area contributed by atoms with Gasteiger partial charge in [0, 0.05) is 5.92 Å². The second-order valence-electron chi connectivity index (χ2n) is 11.1. The van der Waals surface area contributed by atoms with Crippen LogP contribution in [0.4, 0.5) is 4.39 Å². The summed E-state index contributed by atoms with van der Waals surface area (Å²) in [5.74, 6) is 2.06. The van der Waals surface area contributed by atoms with Crippen LogP contribution < -0.4 is 0 Å². The predicted molar refractivity (Wildman–Crippen MR) is 122 cm³/mol. The smallest absolute Gasteiger partial charge is 0.159 e. The molecular formula is C28H35FO2. The summed E-state index contributed by atoms with van der Waals surface area (Å²) in [6, 6.07) is 6.32. The van der Waals surface area contributed by atoms with Gasteiger partial charge in [-0.05, 0) is 104 Å². The van der Waals surface area contributed by atoms with E-state index in [0.717, 1.165) is 50.5 Å². The van der Waals surface area contributed by atoms with Gasteiger partial charge < -0.3 is 5.11 Å². The number of carbonyl (C=O) groups is 1. The number of ketones is 1. The van der Waals surface area contributed by atoms with Crippen LogP contribution in [-0.2, 0) is 4.79 Å². The van der Waals surface area contributed by atoms with E-state index in [1.165, 1.54) is 24.1 Å². The van der Waals surface area contributed by atoms with Gasteiger partial charge in [0.1, 0.15) is 5.82 Å². The average Bonchev–Trinajstić information content (AvgIpc) is 3.11. The SMILES string of the molecule is CC12CCC(O)CC1=CC[C@@H]1C2CC[C@]2(C)C(C(=O)/C=C/c3ccc(F)cc3)CCC12. The molecule has 0 aliphatic heterocycles. The molecule has 0 bridgehead atoms. The Morgan fingerprint density at radius 2 is 1.84 bits per heavy atom. The Bertz CT molecular complexity index is 915. The summed E-state index contributed by atoms with van der Waals surface area (Å²) in [5.41, 5.74) is 2.70. The summed E-state index contributed by atoms with van der Waals surface area (Å²) in [5, 5.41) is 10.2. The molecular weight excluding hydrogens is 387 g/mol. The third-order valence-corrected chi connectivity index (χ3v) is 9.73. The number of allylic oxidation sites excluding steroid dienone is 2. The monoisotopic (exact) mass is 422 g/mol. The molecule has 5 rings (SSSR count). The zero-order valence-corrected chi connectivity index (χ0v) is 18.8. The maximum Gasteiger partial charge on any atom is 0.159 e. The van der Waals surface area contributed by atoms with Crippen LogP contribution in [0, 0.1) is 40.3 Å². The summed E-state index contributed by atoms with van der Waals surface area (Å²) in [6.07, 6.45) is 14.4. The van der Waals surface area contributed by atoms with Gasteiger partial charge in [0.15, 0.2) is 5.78 Å². The standard InChI is InChI=1S/C28H35FO2/c1-27-15-13-21(30)17-19(27)6-9-22-23-10-11-25(28(23,2)16-14-24(22)27)26(31)12-5-18-3-7-20(29)8-4-18/h3-8,12,21-25,30H,9-11,13-17H2,1-2H3/b12-5+/t21?,22-,23?,24?,25?,27?,28-/m0/s1. The van der Waals surface area contributed by atoms with Crippen LogP contribution in [0.1, 0.15) is 70.8 Å². The predicted octanol–water partition coefficient (Wildman–Crippen LogP) is 6.35. The topological polar surface area (TPSA) is 37.3 Å². The molecule has 1 N–H and O–H groups in total. The minimum Gasteiger partial charge on any atom is -0.393 e. The van der Waals surface area contributed by atoms with E-state index in [0.29, 0.717) is 17.8 Å². The number of benzene rings is 1. The molecule has 31 heavy (non-hydrogen) atoms. The van der Waals surface area contributed by atoms with E-state index in [-0.39, 0.29) is 34.5 Å². The van der Waals surface area contributed by atoms with Crippen molar-refractivity contribution in [3.63, 3.8) is 0 Å². The Labute approximate surface area is 185 Å². The normalized spacial score (nSPS) is 41.9. The van der Waals surface area contributed by atoms with Crippen molar-refractivity contribution in [3.05, 3.63) is 53.4 Å². The van der Waals surface area contributed by atoms with Gasteiger partial charge in [0.2, 0.25) is 0 Å². The van der Waals surface area contributed by atoms with Crippen molar-refractivity contribution in [1.29, 1.82) is 0 Å². The van der Waals surface area contributed by atoms with Crippen molar-refractivity contribution < 1.29 is 14.3 Å². The van der Waals surface area contributed by atoms with E-state index in [4.69, 9.17) is 0 Å². The number of aliphatic hydroxyl groups is 1. The summed E-state index contributed by atoms with van der Waals surface area (Å²) in [4.78, 5) is 13.2. The Morgan fingerprint density at radius 3 is 2.61 bits per heavy atom. The Hall–Kier alpha value is -1.74. The fourth-order valence-corrected chi connectivity index (χ4v) is 7.98. The molecule has 0 saturated heterocycles. The second kappa shape index (κ2) is 7.69. The molecule has 5 unspecified atom stereocenters. The van der Waals surface area contributed by atoms with Crippen molar-refractivity contribution in [2.75, 3.05) is 0 Å². The van der Waals surface area contributed by atoms with E-state index in [1.807, 2.05) is 6.08 Å². The molecule has 3 saturated carbocycles. The van der Waals surface area contributed by atoms with Crippen LogP contribution in [0.15, 0.2) is 42.0 Å². The molecule has 7 atom stereocenters. The van der Waals surface area contributed by atoms with Crippen LogP contribution in [-0.4, -0.2) is 17.0 Å². The zero-order valence-electron chi connectivity index (χ0n) is 18.8. The molecule has 0 heterocycles. The molecule has 166 valence electrons. The zero-order chi connectivity index (χ0) is 21.8. The summed E-state index contributed by atoms with van der Waals surface area (Å²) in [6.45, 7) is 4.83. The lowest BCUT2D eigenvalue weighted by atomic mass is 9.47. The van der Waals surface area contributed by atoms with E-state index in [9.17, 15) is 14.3 Å². The number of fused-ring (bicyclic) bond motifs is 5. The number of hydrogen-bond acceptors (Lipinski definition) is 2. The molecule has 0 amide bonds. The highest BCUT2D eigenvalue weighted by molar-refractivity contribution is 5.96. The number of rotatable bonds is 3. The van der Waals surface area contributed by atoms with Gasteiger partial charge in [0.05, 0.1) is 6.10 Å². The third-order valence-electron chi connectivity index (χ3n) is 9.73. The Balaban J connectivity index is 1.35. The van der Waals surface area contributed by atoms with Crippen molar-refractivity contribution in [3.8, 4) is 0 Å². The largest absolute Gasteiger partial charge is 0.393 e. The Morgan fingerprint density at radius 1 is 1.06 bits per heavy atom. The Kier molecular flexibility index (Phi) is 5.24. The van der Waals surface area contributed by atoms with Gasteiger partial charge in [-0.1, -0.05) is 43.7 Å². The van der Waals surface area contributed by atoms with E-state index in [2.05, 4.69) is 19.9 Å². The maximum atomic E-state index is 13.2. The molecule has 0 spiro atoms. The number of hydrogen-bond donors (Lipinski definition) is 1. The quantitative estimate of drug-likeness (QED) is 0.455. The highest BCUT2D eigenvalue weighted by Gasteiger charge is 2.59. The fraction of sp³-hybridized carbons (Fsp3) is 0.607. The van der Waals surface area contributed by atoms with E-state index in [1.54, 1.807) is 18.2 Å². The molecule has 0 radical (unpaired) electrons. The van der Waals surface area contributed by atoms with Crippen molar-refractivity contribution in [2.24, 2.45) is 34.5 Å². The average molecular weight is 423 g/mol. The lowest BCUT2D eigenvalue weighted by molar-refractivity contribution is -0.124. The second-order valence-corrected chi connectivity index (χ2v) is 11.1. The van der Waals surface area contributed by atoms with Gasteiger partial charge >= 0.3 is 0 Å². The molecule has 4 aliphatic carbocycles. The first-order valence-electron chi connectivity index (χ1n) is 12.2. The summed E-state index contributed by atoms with van der Waals surface area (Å²) < 4.78 is 13.1. The number of carbonyl (C=O) groups excluding carboxylic acids is 1. The van der Waals surface area contributed by atoms with Crippen LogP contribution in [0.3, 0.4) is 0 Å². The van der Waals surface area contributed by atoms with Gasteiger partial charge in [-0.25, -0.2) is 4.39 Å². The van der Waals surface area contributed by atoms with Gasteiger partial charge in [-0.2, -0.15) is 0 Å². The van der Waals surface area contributed by atoms with Crippen molar-refractivity contribution >= 4 is 11.9 Å². The van der Waals surface area contributed by atoms with Gasteiger partial charge in [-0.15, -0.1) is 0 Å². The lowest BCUT2D eigenvalue weighted by Crippen LogP contribution is -2.50. The highest BCUT2D eigenvalue weighted by Crippen LogP contribution is 2.66. The molecule has 0 aromatic heterocycles. The van der Waals surface area contributed by atoms with Crippen LogP contribution >= 0.6 is 0 Å². The molecule has 4 aliphatic rings. The van der Waals surface area contributed by atoms with E-state index < -0.39 is 0 Å². The molecule has 3 heteroatoms. The van der Waals surface area contributed by atoms with Crippen LogP contribution in [0.25, 0.3) is 6.08 Å². The van der Waals surface area contributed by atoms with Crippen LogP contribution in [0.2, 0.25) is 0 Å². The van der Waals surface area contributed by atoms with Crippen LogP contribution in [0.5, 0.6) is 0 Å². The number of aliphatic hydroxyl groups excluding tert-OH is 1. The molecule has 2 nitrogen and oxygen atoms in total. The number of halogens is 1.